The van der Waals surface area contributed by atoms with Crippen LogP contribution in [-0.2, 0) is 30.8 Å². The molecule has 1 aliphatic heterocycles. The lowest BCUT2D eigenvalue weighted by molar-refractivity contribution is -0.144. The first-order valence-electron chi connectivity index (χ1n) is 7.21. The van der Waals surface area contributed by atoms with Gasteiger partial charge in [-0.25, -0.2) is 4.98 Å². The molecular formula is C16H19N3O2. The van der Waals surface area contributed by atoms with E-state index in [9.17, 15) is 9.90 Å². The topological polar surface area (TPSA) is 58.4 Å². The van der Waals surface area contributed by atoms with Crippen molar-refractivity contribution in [3.63, 3.8) is 0 Å². The van der Waals surface area contributed by atoms with Crippen LogP contribution in [-0.4, -0.2) is 31.6 Å². The van der Waals surface area contributed by atoms with Gasteiger partial charge in [-0.2, -0.15) is 0 Å². The van der Waals surface area contributed by atoms with Crippen LogP contribution < -0.4 is 0 Å². The second-order valence-corrected chi connectivity index (χ2v) is 5.40. The minimum Gasteiger partial charge on any atom is -0.480 e. The summed E-state index contributed by atoms with van der Waals surface area (Å²) in [6, 6.07) is 7.62. The number of aromatic nitrogens is 2. The number of aliphatic carboxylic acids is 1. The van der Waals surface area contributed by atoms with Crippen LogP contribution >= 0.6 is 0 Å². The summed E-state index contributed by atoms with van der Waals surface area (Å²) >= 11 is 0. The molecule has 110 valence electrons. The molecule has 2 aromatic rings. The fourth-order valence-electron chi connectivity index (χ4n) is 2.96. The zero-order valence-electron chi connectivity index (χ0n) is 12.1. The van der Waals surface area contributed by atoms with Gasteiger partial charge in [0.25, 0.3) is 0 Å². The van der Waals surface area contributed by atoms with Gasteiger partial charge < -0.3 is 9.67 Å². The Morgan fingerprint density at radius 2 is 2.14 bits per heavy atom. The molecule has 0 saturated carbocycles. The first-order chi connectivity index (χ1) is 10.2. The van der Waals surface area contributed by atoms with Crippen LogP contribution in [0.4, 0.5) is 0 Å². The number of benzene rings is 1. The van der Waals surface area contributed by atoms with Gasteiger partial charge >= 0.3 is 5.97 Å². The highest BCUT2D eigenvalue weighted by Crippen LogP contribution is 2.25. The first-order valence-corrected chi connectivity index (χ1v) is 7.21. The second kappa shape index (κ2) is 5.69. The van der Waals surface area contributed by atoms with Crippen molar-refractivity contribution in [3.8, 4) is 0 Å². The molecular weight excluding hydrogens is 266 g/mol. The van der Waals surface area contributed by atoms with Crippen molar-refractivity contribution in [3.05, 3.63) is 53.6 Å². The molecule has 0 radical (unpaired) electrons. The summed E-state index contributed by atoms with van der Waals surface area (Å²) in [7, 11) is 0. The molecule has 0 saturated heterocycles. The van der Waals surface area contributed by atoms with Crippen LogP contribution in [0, 0.1) is 0 Å². The van der Waals surface area contributed by atoms with Gasteiger partial charge in [0.1, 0.15) is 6.04 Å². The van der Waals surface area contributed by atoms with Crippen LogP contribution in [0.5, 0.6) is 0 Å². The van der Waals surface area contributed by atoms with Crippen molar-refractivity contribution < 1.29 is 9.90 Å². The highest BCUT2D eigenvalue weighted by molar-refractivity contribution is 5.74. The molecule has 0 fully saturated rings. The third-order valence-electron chi connectivity index (χ3n) is 4.14. The first kappa shape index (κ1) is 13.8. The zero-order valence-corrected chi connectivity index (χ0v) is 12.1. The highest BCUT2D eigenvalue weighted by atomic mass is 16.4. The maximum absolute atomic E-state index is 11.6. The van der Waals surface area contributed by atoms with Crippen molar-refractivity contribution in [2.45, 2.75) is 39.0 Å². The van der Waals surface area contributed by atoms with Crippen LogP contribution in [0.15, 0.2) is 36.8 Å². The Morgan fingerprint density at radius 3 is 2.86 bits per heavy atom. The van der Waals surface area contributed by atoms with E-state index in [0.717, 1.165) is 17.8 Å². The number of carboxylic acid groups (broad SMARTS) is 1. The molecule has 1 aromatic heterocycles. The number of nitrogens with zero attached hydrogens (tertiary/aromatic N) is 3. The molecule has 1 atom stereocenters. The molecule has 3 rings (SSSR count). The summed E-state index contributed by atoms with van der Waals surface area (Å²) in [6.07, 6.45) is 4.18. The predicted molar refractivity (Wildman–Crippen MR) is 78.7 cm³/mol. The van der Waals surface area contributed by atoms with E-state index in [1.165, 1.54) is 5.56 Å². The van der Waals surface area contributed by atoms with E-state index in [0.29, 0.717) is 19.5 Å². The standard InChI is InChI=1S/C16H19N3O2/c1-2-18-11-17-8-14(18)10-19-9-13-6-4-3-5-12(13)7-15(19)16(20)21/h3-6,8,11,15H,2,7,9-10H2,1H3,(H,20,21)/t15-/m0/s1. The Hall–Kier alpha value is -2.14. The second-order valence-electron chi connectivity index (χ2n) is 5.40. The highest BCUT2D eigenvalue weighted by Gasteiger charge is 2.31. The molecule has 0 spiro atoms. The summed E-state index contributed by atoms with van der Waals surface area (Å²) in [5.74, 6) is -0.757. The van der Waals surface area contributed by atoms with E-state index in [1.54, 1.807) is 6.33 Å². The van der Waals surface area contributed by atoms with Gasteiger partial charge in [-0.3, -0.25) is 9.69 Å². The minimum atomic E-state index is -0.757. The van der Waals surface area contributed by atoms with Gasteiger partial charge in [0, 0.05) is 25.8 Å². The van der Waals surface area contributed by atoms with Gasteiger partial charge in [-0.1, -0.05) is 24.3 Å². The maximum atomic E-state index is 11.6. The quantitative estimate of drug-likeness (QED) is 0.932. The lowest BCUT2D eigenvalue weighted by atomic mass is 9.94. The SMILES string of the molecule is CCn1cncc1CN1Cc2ccccc2C[C@H]1C(=O)O. The van der Waals surface area contributed by atoms with Crippen molar-refractivity contribution >= 4 is 5.97 Å². The Kier molecular flexibility index (Phi) is 3.75. The third kappa shape index (κ3) is 2.69. The number of hydrogen-bond acceptors (Lipinski definition) is 3. The Morgan fingerprint density at radius 1 is 1.38 bits per heavy atom. The van der Waals surface area contributed by atoms with Gasteiger partial charge in [-0.15, -0.1) is 0 Å². The van der Waals surface area contributed by atoms with Crippen LogP contribution in [0.1, 0.15) is 23.7 Å². The van der Waals surface area contributed by atoms with Crippen molar-refractivity contribution in [2.24, 2.45) is 0 Å². The molecule has 1 aliphatic rings. The number of carbonyl (C=O) groups is 1. The summed E-state index contributed by atoms with van der Waals surface area (Å²) in [4.78, 5) is 17.8. The zero-order chi connectivity index (χ0) is 14.8. The van der Waals surface area contributed by atoms with Crippen LogP contribution in [0.3, 0.4) is 0 Å². The summed E-state index contributed by atoms with van der Waals surface area (Å²) < 4.78 is 2.05. The number of hydrogen-bond donors (Lipinski definition) is 1. The van der Waals surface area contributed by atoms with Gasteiger partial charge in [0.05, 0.1) is 12.0 Å². The molecule has 0 amide bonds. The smallest absolute Gasteiger partial charge is 0.321 e. The normalized spacial score (nSPS) is 18.4. The van der Waals surface area contributed by atoms with Crippen molar-refractivity contribution in [1.29, 1.82) is 0 Å². The molecule has 0 unspecified atom stereocenters. The molecule has 1 N–H and O–H groups in total. The molecule has 2 heterocycles. The lowest BCUT2D eigenvalue weighted by Gasteiger charge is -2.34. The van der Waals surface area contributed by atoms with Crippen molar-refractivity contribution in [1.82, 2.24) is 14.5 Å². The number of imidazole rings is 1. The summed E-state index contributed by atoms with van der Waals surface area (Å²) in [6.45, 7) is 4.18. The number of fused-ring (bicyclic) bond motifs is 1. The summed E-state index contributed by atoms with van der Waals surface area (Å²) in [5, 5.41) is 9.53. The van der Waals surface area contributed by atoms with E-state index >= 15 is 0 Å². The van der Waals surface area contributed by atoms with Crippen LogP contribution in [0.2, 0.25) is 0 Å². The summed E-state index contributed by atoms with van der Waals surface area (Å²) in [5.41, 5.74) is 3.42. The molecule has 21 heavy (non-hydrogen) atoms. The average Bonchev–Trinajstić information content (AvgIpc) is 2.93. The Labute approximate surface area is 123 Å². The van der Waals surface area contributed by atoms with E-state index in [4.69, 9.17) is 0 Å². The van der Waals surface area contributed by atoms with Crippen LogP contribution in [0.25, 0.3) is 0 Å². The van der Waals surface area contributed by atoms with Gasteiger partial charge in [0.15, 0.2) is 0 Å². The molecule has 5 heteroatoms. The van der Waals surface area contributed by atoms with Gasteiger partial charge in [0.2, 0.25) is 0 Å². The van der Waals surface area contributed by atoms with E-state index < -0.39 is 12.0 Å². The molecule has 0 aliphatic carbocycles. The molecule has 1 aromatic carbocycles. The van der Waals surface area contributed by atoms with E-state index in [-0.39, 0.29) is 0 Å². The van der Waals surface area contributed by atoms with E-state index in [2.05, 4.69) is 22.5 Å². The Bertz CT molecular complexity index is 650. The van der Waals surface area contributed by atoms with Gasteiger partial charge in [-0.05, 0) is 24.5 Å². The Balaban J connectivity index is 1.87. The number of aryl methyl sites for hydroxylation is 1. The molecule has 0 bridgehead atoms. The number of carboxylic acids is 1. The fraction of sp³-hybridized carbons (Fsp3) is 0.375. The van der Waals surface area contributed by atoms with Crippen molar-refractivity contribution in [2.75, 3.05) is 0 Å². The predicted octanol–water partition coefficient (Wildman–Crippen LogP) is 1.91. The molecule has 5 nitrogen and oxygen atoms in total. The number of rotatable bonds is 4. The minimum absolute atomic E-state index is 0.472. The monoisotopic (exact) mass is 285 g/mol. The fourth-order valence-corrected chi connectivity index (χ4v) is 2.96. The van der Waals surface area contributed by atoms with E-state index in [1.807, 2.05) is 29.3 Å². The lowest BCUT2D eigenvalue weighted by Crippen LogP contribution is -2.45. The maximum Gasteiger partial charge on any atom is 0.321 e. The third-order valence-corrected chi connectivity index (χ3v) is 4.14. The largest absolute Gasteiger partial charge is 0.480 e. The average molecular weight is 285 g/mol.